The minimum atomic E-state index is -3.77. The average Bonchev–Trinajstić information content (AvgIpc) is 2.92. The van der Waals surface area contributed by atoms with Crippen LogP contribution in [-0.2, 0) is 24.2 Å². The van der Waals surface area contributed by atoms with Gasteiger partial charge in [0, 0.05) is 6.42 Å². The summed E-state index contributed by atoms with van der Waals surface area (Å²) in [7, 11) is -3.77. The van der Waals surface area contributed by atoms with Gasteiger partial charge in [-0.1, -0.05) is 30.3 Å². The van der Waals surface area contributed by atoms with Crippen molar-refractivity contribution in [1.29, 1.82) is 0 Å². The molecule has 0 amide bonds. The molecule has 1 atom stereocenters. The molecule has 0 aromatic heterocycles. The first-order chi connectivity index (χ1) is 10.5. The number of benzene rings is 2. The molecule has 22 heavy (non-hydrogen) atoms. The molecule has 1 aliphatic heterocycles. The summed E-state index contributed by atoms with van der Waals surface area (Å²) in [6, 6.07) is 12.1. The van der Waals surface area contributed by atoms with Crippen LogP contribution < -0.4 is 0 Å². The lowest BCUT2D eigenvalue weighted by Gasteiger charge is -2.07. The minimum absolute atomic E-state index is 0.0888. The van der Waals surface area contributed by atoms with E-state index in [4.69, 9.17) is 4.74 Å². The number of ketones is 1. The van der Waals surface area contributed by atoms with E-state index in [9.17, 15) is 18.0 Å². The molecule has 6 heteroatoms. The molecule has 5 nitrogen and oxygen atoms in total. The van der Waals surface area contributed by atoms with Crippen molar-refractivity contribution in [3.8, 4) is 0 Å². The Morgan fingerprint density at radius 3 is 2.55 bits per heavy atom. The summed E-state index contributed by atoms with van der Waals surface area (Å²) in [6.45, 7) is 0.172. The fraction of sp³-hybridized carbons (Fsp3) is 0.250. The molecule has 114 valence electrons. The first-order valence-corrected chi connectivity index (χ1v) is 8.53. The highest BCUT2D eigenvalue weighted by atomic mass is 32.2. The third-order valence-corrected chi connectivity index (χ3v) is 5.37. The first kappa shape index (κ1) is 14.7. The molecule has 0 N–H and O–H groups in total. The minimum Gasteiger partial charge on any atom is -0.465 e. The molecular weight excluding hydrogens is 304 g/mol. The number of ether oxygens (including phenoxy) is 1. The van der Waals surface area contributed by atoms with Gasteiger partial charge in [-0.05, 0) is 22.9 Å². The lowest BCUT2D eigenvalue weighted by atomic mass is 10.0. The van der Waals surface area contributed by atoms with Crippen molar-refractivity contribution in [2.75, 3.05) is 12.4 Å². The number of cyclic esters (lactones) is 1. The van der Waals surface area contributed by atoms with E-state index >= 15 is 0 Å². The molecule has 0 bridgehead atoms. The number of carbonyl (C=O) groups excluding carboxylic acids is 2. The Hall–Kier alpha value is -2.21. The largest absolute Gasteiger partial charge is 0.465 e. The quantitative estimate of drug-likeness (QED) is 0.634. The zero-order valence-electron chi connectivity index (χ0n) is 11.7. The molecule has 1 fully saturated rings. The molecule has 2 aromatic carbocycles. The Labute approximate surface area is 127 Å². The van der Waals surface area contributed by atoms with Crippen LogP contribution in [0.4, 0.5) is 0 Å². The van der Waals surface area contributed by atoms with Gasteiger partial charge in [0.05, 0.1) is 11.5 Å². The van der Waals surface area contributed by atoms with Crippen LogP contribution in [0.3, 0.4) is 0 Å². The first-order valence-electron chi connectivity index (χ1n) is 6.88. The van der Waals surface area contributed by atoms with Gasteiger partial charge in [0.25, 0.3) is 0 Å². The second kappa shape index (κ2) is 5.53. The Morgan fingerprint density at radius 2 is 1.86 bits per heavy atom. The molecule has 1 saturated heterocycles. The van der Waals surface area contributed by atoms with Gasteiger partial charge >= 0.3 is 5.97 Å². The van der Waals surface area contributed by atoms with E-state index in [0.29, 0.717) is 0 Å². The van der Waals surface area contributed by atoms with Crippen LogP contribution in [0.5, 0.6) is 0 Å². The summed E-state index contributed by atoms with van der Waals surface area (Å²) in [5.74, 6) is -2.85. The number of esters is 1. The van der Waals surface area contributed by atoms with Gasteiger partial charge in [0.15, 0.2) is 15.6 Å². The maximum Gasteiger partial charge on any atom is 0.316 e. The average molecular weight is 318 g/mol. The lowest BCUT2D eigenvalue weighted by Crippen LogP contribution is -2.26. The summed E-state index contributed by atoms with van der Waals surface area (Å²) in [5.41, 5.74) is 0. The molecule has 1 aliphatic rings. The van der Waals surface area contributed by atoms with Crippen LogP contribution in [0.1, 0.15) is 6.42 Å². The van der Waals surface area contributed by atoms with E-state index in [1.54, 1.807) is 12.1 Å². The smallest absolute Gasteiger partial charge is 0.316 e. The fourth-order valence-electron chi connectivity index (χ4n) is 2.52. The van der Waals surface area contributed by atoms with Gasteiger partial charge in [-0.15, -0.1) is 0 Å². The second-order valence-electron chi connectivity index (χ2n) is 5.24. The zero-order valence-corrected chi connectivity index (χ0v) is 12.5. The molecule has 2 aromatic rings. The highest BCUT2D eigenvalue weighted by Gasteiger charge is 2.35. The van der Waals surface area contributed by atoms with Crippen LogP contribution in [0.25, 0.3) is 10.8 Å². The van der Waals surface area contributed by atoms with Gasteiger partial charge in [-0.25, -0.2) is 8.42 Å². The highest BCUT2D eigenvalue weighted by Crippen LogP contribution is 2.22. The Balaban J connectivity index is 1.88. The van der Waals surface area contributed by atoms with E-state index < -0.39 is 33.3 Å². The van der Waals surface area contributed by atoms with Gasteiger partial charge in [0.2, 0.25) is 0 Å². The number of rotatable bonds is 4. The van der Waals surface area contributed by atoms with Gasteiger partial charge in [-0.2, -0.15) is 0 Å². The summed E-state index contributed by atoms with van der Waals surface area (Å²) in [6.07, 6.45) is 0.255. The highest BCUT2D eigenvalue weighted by molar-refractivity contribution is 7.92. The molecular formula is C16H14O5S. The number of fused-ring (bicyclic) bond motifs is 1. The van der Waals surface area contributed by atoms with Gasteiger partial charge < -0.3 is 4.74 Å². The van der Waals surface area contributed by atoms with Crippen molar-refractivity contribution in [1.82, 2.24) is 0 Å². The van der Waals surface area contributed by atoms with E-state index in [0.717, 1.165) is 10.8 Å². The summed E-state index contributed by atoms with van der Waals surface area (Å²) in [4.78, 5) is 23.5. The molecule has 0 aliphatic carbocycles. The van der Waals surface area contributed by atoms with Gasteiger partial charge in [0.1, 0.15) is 11.7 Å². The summed E-state index contributed by atoms with van der Waals surface area (Å²) < 4.78 is 29.5. The number of carbonyl (C=O) groups is 2. The molecule has 1 unspecified atom stereocenters. The monoisotopic (exact) mass is 318 g/mol. The van der Waals surface area contributed by atoms with E-state index in [2.05, 4.69) is 0 Å². The molecule has 0 radical (unpaired) electrons. The van der Waals surface area contributed by atoms with E-state index in [1.165, 1.54) is 6.07 Å². The zero-order chi connectivity index (χ0) is 15.7. The number of Topliss-reactive ketones (excluding diaryl/α,β-unsaturated/α-hetero) is 1. The van der Waals surface area contributed by atoms with Gasteiger partial charge in [-0.3, -0.25) is 9.59 Å². The van der Waals surface area contributed by atoms with Crippen molar-refractivity contribution in [2.45, 2.75) is 11.3 Å². The van der Waals surface area contributed by atoms with E-state index in [1.807, 2.05) is 24.3 Å². The van der Waals surface area contributed by atoms with Crippen molar-refractivity contribution in [3.63, 3.8) is 0 Å². The van der Waals surface area contributed by atoms with Crippen molar-refractivity contribution < 1.29 is 22.7 Å². The fourth-order valence-corrected chi connectivity index (χ4v) is 3.84. The second-order valence-corrected chi connectivity index (χ2v) is 7.23. The lowest BCUT2D eigenvalue weighted by molar-refractivity contribution is -0.144. The number of hydrogen-bond acceptors (Lipinski definition) is 5. The maximum absolute atomic E-state index is 12.4. The topological polar surface area (TPSA) is 77.5 Å². The Morgan fingerprint density at radius 1 is 1.14 bits per heavy atom. The van der Waals surface area contributed by atoms with Crippen molar-refractivity contribution in [2.24, 2.45) is 5.92 Å². The summed E-state index contributed by atoms with van der Waals surface area (Å²) in [5, 5.41) is 1.71. The summed E-state index contributed by atoms with van der Waals surface area (Å²) >= 11 is 0. The molecule has 0 spiro atoms. The predicted octanol–water partition coefficient (Wildman–Crippen LogP) is 1.75. The van der Waals surface area contributed by atoms with Crippen LogP contribution in [0.2, 0.25) is 0 Å². The van der Waals surface area contributed by atoms with Crippen molar-refractivity contribution >= 4 is 32.4 Å². The van der Waals surface area contributed by atoms with Crippen molar-refractivity contribution in [3.05, 3.63) is 42.5 Å². The third-order valence-electron chi connectivity index (χ3n) is 3.74. The van der Waals surface area contributed by atoms with Crippen LogP contribution >= 0.6 is 0 Å². The van der Waals surface area contributed by atoms with Crippen LogP contribution in [0, 0.1) is 5.92 Å². The number of hydrogen-bond donors (Lipinski definition) is 0. The Kier molecular flexibility index (Phi) is 3.70. The molecule has 1 heterocycles. The number of sulfone groups is 1. The van der Waals surface area contributed by atoms with Crippen LogP contribution in [-0.4, -0.2) is 32.5 Å². The maximum atomic E-state index is 12.4. The van der Waals surface area contributed by atoms with E-state index in [-0.39, 0.29) is 17.9 Å². The Bertz CT molecular complexity index is 854. The standard InChI is InChI=1S/C16H14O5S/c17-15(14-7-8-21-16(14)18)10-22(19,20)13-6-5-11-3-1-2-4-12(11)9-13/h1-6,9,14H,7-8,10H2. The third kappa shape index (κ3) is 2.74. The predicted molar refractivity (Wildman–Crippen MR) is 80.1 cm³/mol. The SMILES string of the molecule is O=C(CS(=O)(=O)c1ccc2ccccc2c1)C1CCOC1=O. The van der Waals surface area contributed by atoms with Crippen LogP contribution in [0.15, 0.2) is 47.4 Å². The normalized spacial score (nSPS) is 18.4. The molecule has 0 saturated carbocycles. The molecule has 3 rings (SSSR count).